The zero-order chi connectivity index (χ0) is 17.4. The molecule has 0 bridgehead atoms. The normalized spacial score (nSPS) is 16.0. The highest BCUT2D eigenvalue weighted by Crippen LogP contribution is 2.40. The number of ether oxygens (including phenoxy) is 1. The van der Waals surface area contributed by atoms with Crippen LogP contribution in [0.2, 0.25) is 0 Å². The van der Waals surface area contributed by atoms with E-state index in [4.69, 9.17) is 9.84 Å². The fourth-order valence-electron chi connectivity index (χ4n) is 3.37. The third kappa shape index (κ3) is 5.34. The molecule has 0 unspecified atom stereocenters. The lowest BCUT2D eigenvalue weighted by Crippen LogP contribution is -2.37. The lowest BCUT2D eigenvalue weighted by Gasteiger charge is -2.29. The van der Waals surface area contributed by atoms with E-state index in [1.54, 1.807) is 12.1 Å². The Morgan fingerprint density at radius 1 is 1.21 bits per heavy atom. The molecule has 0 atom stereocenters. The van der Waals surface area contributed by atoms with Gasteiger partial charge >= 0.3 is 5.97 Å². The summed E-state index contributed by atoms with van der Waals surface area (Å²) in [6.45, 7) is 4.18. The fourth-order valence-corrected chi connectivity index (χ4v) is 3.37. The topological polar surface area (TPSA) is 75.6 Å². The van der Waals surface area contributed by atoms with Gasteiger partial charge in [0, 0.05) is 19.8 Å². The Morgan fingerprint density at radius 2 is 1.88 bits per heavy atom. The monoisotopic (exact) mass is 333 g/mol. The van der Waals surface area contributed by atoms with E-state index in [-0.39, 0.29) is 23.3 Å². The molecule has 132 valence electrons. The van der Waals surface area contributed by atoms with Gasteiger partial charge in [-0.05, 0) is 49.3 Å². The van der Waals surface area contributed by atoms with Gasteiger partial charge in [0.05, 0.1) is 12.0 Å². The first-order valence-electron chi connectivity index (χ1n) is 8.71. The van der Waals surface area contributed by atoms with Crippen molar-refractivity contribution < 1.29 is 19.4 Å². The van der Waals surface area contributed by atoms with Gasteiger partial charge in [-0.1, -0.05) is 25.0 Å². The number of carboxylic acid groups (broad SMARTS) is 1. The maximum atomic E-state index is 12.2. The Labute approximate surface area is 143 Å². The first kappa shape index (κ1) is 18.5. The van der Waals surface area contributed by atoms with Crippen molar-refractivity contribution in [3.63, 3.8) is 0 Å². The molecule has 5 heteroatoms. The summed E-state index contributed by atoms with van der Waals surface area (Å²) in [6, 6.07) is 6.46. The summed E-state index contributed by atoms with van der Waals surface area (Å²) in [4.78, 5) is 23.0. The average molecular weight is 333 g/mol. The van der Waals surface area contributed by atoms with E-state index in [1.165, 1.54) is 25.0 Å². The molecule has 2 rings (SSSR count). The number of carbonyl (C=O) groups excluding carboxylic acids is 1. The zero-order valence-corrected chi connectivity index (χ0v) is 14.3. The van der Waals surface area contributed by atoms with Crippen LogP contribution in [0.15, 0.2) is 24.3 Å². The van der Waals surface area contributed by atoms with Crippen molar-refractivity contribution >= 4 is 11.9 Å². The smallest absolute Gasteiger partial charge is 0.335 e. The zero-order valence-electron chi connectivity index (χ0n) is 14.3. The van der Waals surface area contributed by atoms with Crippen LogP contribution >= 0.6 is 0 Å². The van der Waals surface area contributed by atoms with Crippen molar-refractivity contribution in [3.05, 3.63) is 35.4 Å². The minimum atomic E-state index is -0.955. The molecular weight excluding hydrogens is 306 g/mol. The second kappa shape index (κ2) is 8.83. The van der Waals surface area contributed by atoms with Crippen molar-refractivity contribution in [3.8, 4) is 0 Å². The number of carboxylic acids is 1. The van der Waals surface area contributed by atoms with Crippen molar-refractivity contribution in [2.75, 3.05) is 19.8 Å². The van der Waals surface area contributed by atoms with Gasteiger partial charge in [-0.2, -0.15) is 0 Å². The molecule has 1 amide bonds. The number of rotatable bonds is 9. The number of nitrogens with one attached hydrogen (secondary N) is 1. The Hall–Kier alpha value is -1.88. The van der Waals surface area contributed by atoms with Gasteiger partial charge in [-0.15, -0.1) is 0 Å². The van der Waals surface area contributed by atoms with E-state index in [0.29, 0.717) is 6.54 Å². The van der Waals surface area contributed by atoms with E-state index >= 15 is 0 Å². The Bertz CT molecular complexity index is 547. The summed E-state index contributed by atoms with van der Waals surface area (Å²) >= 11 is 0. The molecule has 5 nitrogen and oxygen atoms in total. The third-order valence-corrected chi connectivity index (χ3v) is 4.87. The van der Waals surface area contributed by atoms with E-state index < -0.39 is 5.97 Å². The van der Waals surface area contributed by atoms with E-state index in [0.717, 1.165) is 38.0 Å². The van der Waals surface area contributed by atoms with Gasteiger partial charge in [-0.3, -0.25) is 4.79 Å². The SMILES string of the molecule is CCOCCC1(CNC(=O)Cc2ccc(C(=O)O)cc2)CCCC1. The first-order valence-corrected chi connectivity index (χ1v) is 8.71. The van der Waals surface area contributed by atoms with Crippen LogP contribution in [0.5, 0.6) is 0 Å². The number of carbonyl (C=O) groups is 2. The molecular formula is C19H27NO4. The summed E-state index contributed by atoms with van der Waals surface area (Å²) in [5, 5.41) is 12.0. The molecule has 0 aliphatic heterocycles. The maximum absolute atomic E-state index is 12.2. The number of amides is 1. The van der Waals surface area contributed by atoms with Crippen LogP contribution in [0.3, 0.4) is 0 Å². The highest BCUT2D eigenvalue weighted by molar-refractivity contribution is 5.87. The first-order chi connectivity index (χ1) is 11.5. The summed E-state index contributed by atoms with van der Waals surface area (Å²) in [5.41, 5.74) is 1.24. The minimum Gasteiger partial charge on any atom is -0.478 e. The van der Waals surface area contributed by atoms with Crippen LogP contribution in [-0.2, 0) is 16.0 Å². The predicted molar refractivity (Wildman–Crippen MR) is 92.1 cm³/mol. The van der Waals surface area contributed by atoms with Gasteiger partial charge in [0.15, 0.2) is 0 Å². The Kier molecular flexibility index (Phi) is 6.79. The van der Waals surface area contributed by atoms with Crippen LogP contribution in [0.4, 0.5) is 0 Å². The van der Waals surface area contributed by atoms with Crippen molar-refractivity contribution in [2.24, 2.45) is 5.41 Å². The molecule has 24 heavy (non-hydrogen) atoms. The second-order valence-electron chi connectivity index (χ2n) is 6.61. The third-order valence-electron chi connectivity index (χ3n) is 4.87. The fraction of sp³-hybridized carbons (Fsp3) is 0.579. The van der Waals surface area contributed by atoms with Crippen molar-refractivity contribution in [1.29, 1.82) is 0 Å². The van der Waals surface area contributed by atoms with Crippen molar-refractivity contribution in [2.45, 2.75) is 45.4 Å². The highest BCUT2D eigenvalue weighted by atomic mass is 16.5. The predicted octanol–water partition coefficient (Wildman–Crippen LogP) is 3.03. The molecule has 2 N–H and O–H groups in total. The molecule has 1 aliphatic rings. The minimum absolute atomic E-state index is 0.0132. The molecule has 0 aromatic heterocycles. The van der Waals surface area contributed by atoms with E-state index in [9.17, 15) is 9.59 Å². The van der Waals surface area contributed by atoms with Crippen LogP contribution in [0.25, 0.3) is 0 Å². The highest BCUT2D eigenvalue weighted by Gasteiger charge is 2.33. The number of aromatic carboxylic acids is 1. The number of hydrogen-bond donors (Lipinski definition) is 2. The molecule has 1 saturated carbocycles. The number of hydrogen-bond acceptors (Lipinski definition) is 3. The molecule has 1 aromatic carbocycles. The average Bonchev–Trinajstić information content (AvgIpc) is 3.03. The van der Waals surface area contributed by atoms with Gasteiger partial charge in [0.2, 0.25) is 5.91 Å². The van der Waals surface area contributed by atoms with E-state index in [2.05, 4.69) is 5.32 Å². The molecule has 0 heterocycles. The van der Waals surface area contributed by atoms with E-state index in [1.807, 2.05) is 6.92 Å². The van der Waals surface area contributed by atoms with Gasteiger partial charge < -0.3 is 15.2 Å². The summed E-state index contributed by atoms with van der Waals surface area (Å²) in [6.07, 6.45) is 6.01. The molecule has 1 aliphatic carbocycles. The van der Waals surface area contributed by atoms with Crippen LogP contribution in [0.1, 0.15) is 54.9 Å². The molecule has 0 radical (unpaired) electrons. The lowest BCUT2D eigenvalue weighted by molar-refractivity contribution is -0.121. The van der Waals surface area contributed by atoms with Crippen molar-refractivity contribution in [1.82, 2.24) is 5.32 Å². The number of benzene rings is 1. The van der Waals surface area contributed by atoms with Gasteiger partial charge in [0.1, 0.15) is 0 Å². The van der Waals surface area contributed by atoms with Crippen LogP contribution in [0, 0.1) is 5.41 Å². The summed E-state index contributed by atoms with van der Waals surface area (Å²) < 4.78 is 5.49. The molecule has 0 spiro atoms. The summed E-state index contributed by atoms with van der Waals surface area (Å²) in [7, 11) is 0. The second-order valence-corrected chi connectivity index (χ2v) is 6.61. The van der Waals surface area contributed by atoms with Gasteiger partial charge in [0.25, 0.3) is 0 Å². The van der Waals surface area contributed by atoms with Gasteiger partial charge in [-0.25, -0.2) is 4.79 Å². The standard InChI is InChI=1S/C19H27NO4/c1-2-24-12-11-19(9-3-4-10-19)14-20-17(21)13-15-5-7-16(8-6-15)18(22)23/h5-8H,2-4,9-14H2,1H3,(H,20,21)(H,22,23). The molecule has 0 saturated heterocycles. The maximum Gasteiger partial charge on any atom is 0.335 e. The molecule has 1 fully saturated rings. The largest absolute Gasteiger partial charge is 0.478 e. The van der Waals surface area contributed by atoms with Crippen LogP contribution < -0.4 is 5.32 Å². The summed E-state index contributed by atoms with van der Waals surface area (Å²) in [5.74, 6) is -0.968. The quantitative estimate of drug-likeness (QED) is 0.681. The molecule has 1 aromatic rings. The lowest BCUT2D eigenvalue weighted by atomic mass is 9.83. The Balaban J connectivity index is 1.83. The Morgan fingerprint density at radius 3 is 2.46 bits per heavy atom. The van der Waals surface area contributed by atoms with Crippen LogP contribution in [-0.4, -0.2) is 36.7 Å².